The van der Waals surface area contributed by atoms with Crippen molar-refractivity contribution in [1.29, 1.82) is 0 Å². The third-order valence-electron chi connectivity index (χ3n) is 5.01. The zero-order chi connectivity index (χ0) is 21.8. The molecule has 6 nitrogen and oxygen atoms in total. The predicted octanol–water partition coefficient (Wildman–Crippen LogP) is 5.37. The number of methoxy groups -OCH3 is 1. The number of ketones is 1. The summed E-state index contributed by atoms with van der Waals surface area (Å²) in [4.78, 5) is 15.5. The molecule has 0 fully saturated rings. The number of carbonyl (C=O) groups excluding carboxylic acids is 1. The Morgan fingerprint density at radius 2 is 1.84 bits per heavy atom. The first-order chi connectivity index (χ1) is 15.1. The van der Waals surface area contributed by atoms with Crippen molar-refractivity contribution in [3.63, 3.8) is 0 Å². The number of Topliss-reactive ketones (excluding diaryl/α,β-unsaturated/α-hetero) is 1. The van der Waals surface area contributed by atoms with Gasteiger partial charge >= 0.3 is 0 Å². The van der Waals surface area contributed by atoms with Crippen LogP contribution in [-0.4, -0.2) is 38.4 Å². The summed E-state index contributed by atoms with van der Waals surface area (Å²) in [7, 11) is 1.65. The van der Waals surface area contributed by atoms with Crippen molar-refractivity contribution in [2.45, 2.75) is 24.9 Å². The molecule has 0 saturated heterocycles. The van der Waals surface area contributed by atoms with Crippen molar-refractivity contribution in [1.82, 2.24) is 19.7 Å². The Morgan fingerprint density at radius 3 is 2.52 bits per heavy atom. The van der Waals surface area contributed by atoms with E-state index >= 15 is 0 Å². The molecule has 0 spiro atoms. The first-order valence-electron chi connectivity index (χ1n) is 10.1. The maximum absolute atomic E-state index is 12.5. The van der Waals surface area contributed by atoms with Gasteiger partial charge in [0, 0.05) is 11.8 Å². The zero-order valence-corrected chi connectivity index (χ0v) is 18.5. The lowest BCUT2D eigenvalue weighted by Crippen LogP contribution is -2.07. The number of nitrogens with zero attached hydrogens (tertiary/aromatic N) is 3. The van der Waals surface area contributed by atoms with E-state index in [1.54, 1.807) is 19.4 Å². The molecule has 0 radical (unpaired) electrons. The maximum Gasteiger partial charge on any atom is 0.196 e. The molecule has 4 rings (SSSR count). The van der Waals surface area contributed by atoms with E-state index in [2.05, 4.69) is 41.2 Å². The molecule has 0 amide bonds. The number of carbonyl (C=O) groups is 1. The number of aromatic nitrogens is 4. The second kappa shape index (κ2) is 9.22. The normalized spacial score (nSPS) is 11.1. The zero-order valence-electron chi connectivity index (χ0n) is 17.7. The third-order valence-corrected chi connectivity index (χ3v) is 5.94. The quantitative estimate of drug-likeness (QED) is 0.299. The first kappa shape index (κ1) is 20.9. The average molecular weight is 433 g/mol. The van der Waals surface area contributed by atoms with Crippen LogP contribution in [0.5, 0.6) is 5.75 Å². The lowest BCUT2D eigenvalue weighted by atomic mass is 10.0. The molecule has 0 saturated carbocycles. The lowest BCUT2D eigenvalue weighted by molar-refractivity contribution is 0.101. The molecule has 0 unspecified atom stereocenters. The summed E-state index contributed by atoms with van der Waals surface area (Å²) < 4.78 is 7.33. The summed E-state index contributed by atoms with van der Waals surface area (Å²) in [6.07, 6.45) is 1.75. The van der Waals surface area contributed by atoms with Crippen LogP contribution in [-0.2, 0) is 0 Å². The van der Waals surface area contributed by atoms with E-state index < -0.39 is 0 Å². The molecule has 0 atom stereocenters. The van der Waals surface area contributed by atoms with Crippen molar-refractivity contribution >= 4 is 17.5 Å². The van der Waals surface area contributed by atoms with Crippen molar-refractivity contribution in [2.24, 2.45) is 0 Å². The molecular formula is C24H24N4O2S. The molecule has 2 aromatic heterocycles. The van der Waals surface area contributed by atoms with Gasteiger partial charge in [-0.3, -0.25) is 9.36 Å². The Balaban J connectivity index is 1.76. The van der Waals surface area contributed by atoms with Crippen LogP contribution in [0.25, 0.3) is 17.1 Å². The third kappa shape index (κ3) is 4.41. The summed E-state index contributed by atoms with van der Waals surface area (Å²) in [6.45, 7) is 4.33. The van der Waals surface area contributed by atoms with Crippen LogP contribution < -0.4 is 4.74 Å². The van der Waals surface area contributed by atoms with Crippen molar-refractivity contribution in [2.75, 3.05) is 12.9 Å². The number of H-pyrrole nitrogens is 1. The van der Waals surface area contributed by atoms with Gasteiger partial charge in [-0.25, -0.2) is 0 Å². The van der Waals surface area contributed by atoms with Crippen molar-refractivity contribution in [3.05, 3.63) is 78.1 Å². The van der Waals surface area contributed by atoms with Crippen LogP contribution in [0.15, 0.2) is 72.0 Å². The van der Waals surface area contributed by atoms with Gasteiger partial charge in [-0.2, -0.15) is 0 Å². The minimum absolute atomic E-state index is 0.0210. The Hall–Kier alpha value is -3.32. The molecule has 2 aromatic carbocycles. The topological polar surface area (TPSA) is 72.8 Å². The fourth-order valence-electron chi connectivity index (χ4n) is 3.40. The first-order valence-corrected chi connectivity index (χ1v) is 11.1. The molecule has 0 aliphatic carbocycles. The molecule has 1 N–H and O–H groups in total. The van der Waals surface area contributed by atoms with Gasteiger partial charge in [-0.1, -0.05) is 43.8 Å². The molecule has 158 valence electrons. The summed E-state index contributed by atoms with van der Waals surface area (Å²) in [6, 6.07) is 19.6. The largest absolute Gasteiger partial charge is 0.497 e. The highest BCUT2D eigenvalue weighted by atomic mass is 32.2. The van der Waals surface area contributed by atoms with E-state index in [1.807, 2.05) is 47.0 Å². The standard InChI is InChI=1S/C24H24N4O2S/c1-16(2)19-7-4-5-9-21(19)28-23(17-10-12-18(30-3)13-11-17)26-27-24(28)31-15-22(29)20-8-6-14-25-20/h4-14,16,25H,15H2,1-3H3. The van der Waals surface area contributed by atoms with E-state index in [-0.39, 0.29) is 11.5 Å². The smallest absolute Gasteiger partial charge is 0.196 e. The summed E-state index contributed by atoms with van der Waals surface area (Å²) in [5.41, 5.74) is 3.73. The van der Waals surface area contributed by atoms with E-state index in [0.717, 1.165) is 22.8 Å². The van der Waals surface area contributed by atoms with Gasteiger partial charge in [-0.05, 0) is 53.9 Å². The number of thioether (sulfide) groups is 1. The Bertz CT molecular complexity index is 1160. The fraction of sp³-hybridized carbons (Fsp3) is 0.208. The van der Waals surface area contributed by atoms with Gasteiger partial charge in [0.15, 0.2) is 16.8 Å². The average Bonchev–Trinajstić information content (AvgIpc) is 3.48. The number of nitrogens with one attached hydrogen (secondary N) is 1. The van der Waals surface area contributed by atoms with Crippen molar-refractivity contribution in [3.8, 4) is 22.8 Å². The maximum atomic E-state index is 12.5. The van der Waals surface area contributed by atoms with Crippen LogP contribution in [0.1, 0.15) is 35.8 Å². The summed E-state index contributed by atoms with van der Waals surface area (Å²) >= 11 is 1.39. The lowest BCUT2D eigenvalue weighted by Gasteiger charge is -2.17. The molecule has 7 heteroatoms. The number of ether oxygens (including phenoxy) is 1. The predicted molar refractivity (Wildman–Crippen MR) is 123 cm³/mol. The number of para-hydroxylation sites is 1. The highest BCUT2D eigenvalue weighted by Gasteiger charge is 2.20. The molecule has 0 aliphatic rings. The molecule has 31 heavy (non-hydrogen) atoms. The van der Waals surface area contributed by atoms with Gasteiger partial charge in [0.05, 0.1) is 24.2 Å². The van der Waals surface area contributed by atoms with E-state index in [9.17, 15) is 4.79 Å². The number of rotatable bonds is 8. The van der Waals surface area contributed by atoms with E-state index in [0.29, 0.717) is 16.8 Å². The van der Waals surface area contributed by atoms with E-state index in [4.69, 9.17) is 4.74 Å². The highest BCUT2D eigenvalue weighted by Crippen LogP contribution is 2.32. The van der Waals surface area contributed by atoms with Gasteiger partial charge in [0.25, 0.3) is 0 Å². The second-order valence-corrected chi connectivity index (χ2v) is 8.32. The van der Waals surface area contributed by atoms with Crippen molar-refractivity contribution < 1.29 is 9.53 Å². The minimum Gasteiger partial charge on any atom is -0.497 e. The summed E-state index contributed by atoms with van der Waals surface area (Å²) in [5.74, 6) is 2.12. The van der Waals surface area contributed by atoms with Gasteiger partial charge < -0.3 is 9.72 Å². The number of hydrogen-bond donors (Lipinski definition) is 1. The Labute approximate surface area is 185 Å². The molecule has 0 bridgehead atoms. The van der Waals surface area contributed by atoms with Gasteiger partial charge in [-0.15, -0.1) is 10.2 Å². The van der Waals surface area contributed by atoms with Crippen LogP contribution in [0.4, 0.5) is 0 Å². The second-order valence-electron chi connectivity index (χ2n) is 7.38. The van der Waals surface area contributed by atoms with Crippen LogP contribution in [0.3, 0.4) is 0 Å². The van der Waals surface area contributed by atoms with E-state index in [1.165, 1.54) is 17.3 Å². The van der Waals surface area contributed by atoms with Crippen LogP contribution in [0, 0.1) is 0 Å². The molecule has 0 aliphatic heterocycles. The SMILES string of the molecule is COc1ccc(-c2nnc(SCC(=O)c3ccc[nH]3)n2-c2ccccc2C(C)C)cc1. The molecule has 2 heterocycles. The number of aromatic amines is 1. The molecule has 4 aromatic rings. The number of hydrogen-bond acceptors (Lipinski definition) is 5. The van der Waals surface area contributed by atoms with Gasteiger partial charge in [0.1, 0.15) is 5.75 Å². The fourth-order valence-corrected chi connectivity index (χ4v) is 4.23. The highest BCUT2D eigenvalue weighted by molar-refractivity contribution is 7.99. The van der Waals surface area contributed by atoms with Crippen LogP contribution in [0.2, 0.25) is 0 Å². The minimum atomic E-state index is 0.0210. The van der Waals surface area contributed by atoms with Gasteiger partial charge in [0.2, 0.25) is 0 Å². The Morgan fingerprint density at radius 1 is 1.06 bits per heavy atom. The molecular weight excluding hydrogens is 408 g/mol. The van der Waals surface area contributed by atoms with Crippen LogP contribution >= 0.6 is 11.8 Å². The monoisotopic (exact) mass is 432 g/mol. The number of benzene rings is 2. The Kier molecular flexibility index (Phi) is 6.23. The summed E-state index contributed by atoms with van der Waals surface area (Å²) in [5, 5.41) is 9.62.